The second kappa shape index (κ2) is 7.10. The summed E-state index contributed by atoms with van der Waals surface area (Å²) >= 11 is 0. The molecule has 0 N–H and O–H groups in total. The Morgan fingerprint density at radius 1 is 1.37 bits per heavy atom. The van der Waals surface area contributed by atoms with Gasteiger partial charge < -0.3 is 14.3 Å². The standard InChI is InChI=1S/C16H22O3/c1-5-13(2)16(3,11-17)12-19-10-14-6-8-15(18-4)9-7-14/h5-9,11,13H,1,10,12H2,2-4H3/t13-,16-/m1/s1. The predicted octanol–water partition coefficient (Wildman–Crippen LogP) is 3.24. The van der Waals surface area contributed by atoms with Gasteiger partial charge in [0.1, 0.15) is 12.0 Å². The van der Waals surface area contributed by atoms with E-state index in [4.69, 9.17) is 9.47 Å². The smallest absolute Gasteiger partial charge is 0.128 e. The molecule has 0 saturated heterocycles. The molecule has 0 spiro atoms. The number of methoxy groups -OCH3 is 1. The number of carbonyl (C=O) groups is 1. The Kier molecular flexibility index (Phi) is 5.77. The average molecular weight is 262 g/mol. The number of hydrogen-bond acceptors (Lipinski definition) is 3. The summed E-state index contributed by atoms with van der Waals surface area (Å²) in [6.45, 7) is 8.46. The van der Waals surface area contributed by atoms with Crippen LogP contribution in [0.25, 0.3) is 0 Å². The third kappa shape index (κ3) is 4.21. The average Bonchev–Trinajstić information content (AvgIpc) is 2.46. The lowest BCUT2D eigenvalue weighted by Gasteiger charge is -2.27. The third-order valence-corrected chi connectivity index (χ3v) is 3.50. The first kappa shape index (κ1) is 15.4. The summed E-state index contributed by atoms with van der Waals surface area (Å²) in [4.78, 5) is 11.2. The molecule has 0 unspecified atom stereocenters. The van der Waals surface area contributed by atoms with Crippen LogP contribution in [0.3, 0.4) is 0 Å². The molecule has 3 heteroatoms. The van der Waals surface area contributed by atoms with E-state index >= 15 is 0 Å². The minimum Gasteiger partial charge on any atom is -0.497 e. The van der Waals surface area contributed by atoms with Crippen LogP contribution in [0.1, 0.15) is 19.4 Å². The van der Waals surface area contributed by atoms with Gasteiger partial charge in [-0.2, -0.15) is 0 Å². The van der Waals surface area contributed by atoms with Crippen molar-refractivity contribution < 1.29 is 14.3 Å². The molecule has 104 valence electrons. The van der Waals surface area contributed by atoms with E-state index in [2.05, 4.69) is 6.58 Å². The Bertz CT molecular complexity index is 411. The van der Waals surface area contributed by atoms with Crippen molar-refractivity contribution in [3.63, 3.8) is 0 Å². The molecule has 0 heterocycles. The predicted molar refractivity (Wildman–Crippen MR) is 76.2 cm³/mol. The van der Waals surface area contributed by atoms with E-state index in [0.29, 0.717) is 13.2 Å². The second-order valence-electron chi connectivity index (χ2n) is 4.99. The van der Waals surface area contributed by atoms with Gasteiger partial charge in [0.2, 0.25) is 0 Å². The van der Waals surface area contributed by atoms with Crippen molar-refractivity contribution in [2.24, 2.45) is 11.3 Å². The number of hydrogen-bond donors (Lipinski definition) is 0. The molecule has 0 fully saturated rings. The first-order valence-electron chi connectivity index (χ1n) is 6.35. The molecule has 0 amide bonds. The van der Waals surface area contributed by atoms with Gasteiger partial charge in [0, 0.05) is 0 Å². The van der Waals surface area contributed by atoms with Crippen molar-refractivity contribution in [2.75, 3.05) is 13.7 Å². The van der Waals surface area contributed by atoms with Crippen LogP contribution in [0.4, 0.5) is 0 Å². The van der Waals surface area contributed by atoms with Crippen LogP contribution in [-0.2, 0) is 16.1 Å². The molecule has 0 aliphatic carbocycles. The molecule has 0 saturated carbocycles. The summed E-state index contributed by atoms with van der Waals surface area (Å²) in [5, 5.41) is 0. The maximum atomic E-state index is 11.2. The number of carbonyl (C=O) groups excluding carboxylic acids is 1. The number of aldehydes is 1. The van der Waals surface area contributed by atoms with E-state index in [1.165, 1.54) is 0 Å². The Morgan fingerprint density at radius 3 is 2.47 bits per heavy atom. The van der Waals surface area contributed by atoms with Crippen LogP contribution in [0, 0.1) is 11.3 Å². The van der Waals surface area contributed by atoms with Crippen LogP contribution in [0.2, 0.25) is 0 Å². The van der Waals surface area contributed by atoms with Gasteiger partial charge >= 0.3 is 0 Å². The van der Waals surface area contributed by atoms with Crippen molar-refractivity contribution in [2.45, 2.75) is 20.5 Å². The van der Waals surface area contributed by atoms with Gasteiger partial charge in [0.15, 0.2) is 0 Å². The van der Waals surface area contributed by atoms with Crippen molar-refractivity contribution in [1.82, 2.24) is 0 Å². The Labute approximate surface area is 115 Å². The Balaban J connectivity index is 2.52. The SMILES string of the molecule is C=C[C@@H](C)[C@](C)(C=O)COCc1ccc(OC)cc1. The van der Waals surface area contributed by atoms with Gasteiger partial charge in [0.05, 0.1) is 25.7 Å². The van der Waals surface area contributed by atoms with E-state index in [9.17, 15) is 4.79 Å². The molecule has 0 aliphatic rings. The molecule has 0 aliphatic heterocycles. The molecule has 1 aromatic carbocycles. The molecule has 1 aromatic rings. The first-order chi connectivity index (χ1) is 9.05. The molecule has 1 rings (SSSR count). The van der Waals surface area contributed by atoms with Crippen LogP contribution in [-0.4, -0.2) is 20.0 Å². The highest BCUT2D eigenvalue weighted by Crippen LogP contribution is 2.26. The lowest BCUT2D eigenvalue weighted by molar-refractivity contribution is -0.121. The summed E-state index contributed by atoms with van der Waals surface area (Å²) in [7, 11) is 1.64. The highest BCUT2D eigenvalue weighted by atomic mass is 16.5. The van der Waals surface area contributed by atoms with Crippen LogP contribution in [0.15, 0.2) is 36.9 Å². The second-order valence-corrected chi connectivity index (χ2v) is 4.99. The largest absolute Gasteiger partial charge is 0.497 e. The lowest BCUT2D eigenvalue weighted by atomic mass is 9.80. The summed E-state index contributed by atoms with van der Waals surface area (Å²) in [5.74, 6) is 0.905. The topological polar surface area (TPSA) is 35.5 Å². The van der Waals surface area contributed by atoms with Gasteiger partial charge in [-0.1, -0.05) is 32.1 Å². The fraction of sp³-hybridized carbons (Fsp3) is 0.438. The van der Waals surface area contributed by atoms with Crippen LogP contribution >= 0.6 is 0 Å². The van der Waals surface area contributed by atoms with Crippen molar-refractivity contribution in [3.05, 3.63) is 42.5 Å². The fourth-order valence-electron chi connectivity index (χ4n) is 1.65. The molecule has 3 nitrogen and oxygen atoms in total. The van der Waals surface area contributed by atoms with Gasteiger partial charge in [-0.3, -0.25) is 0 Å². The van der Waals surface area contributed by atoms with E-state index in [-0.39, 0.29) is 5.92 Å². The number of rotatable bonds is 8. The third-order valence-electron chi connectivity index (χ3n) is 3.50. The van der Waals surface area contributed by atoms with E-state index < -0.39 is 5.41 Å². The zero-order chi connectivity index (χ0) is 14.3. The summed E-state index contributed by atoms with van der Waals surface area (Å²) < 4.78 is 10.7. The molecule has 2 atom stereocenters. The molecule has 0 bridgehead atoms. The minimum absolute atomic E-state index is 0.0841. The molecule has 19 heavy (non-hydrogen) atoms. The highest BCUT2D eigenvalue weighted by Gasteiger charge is 2.29. The normalized spacial score (nSPS) is 15.3. The number of benzene rings is 1. The number of allylic oxidation sites excluding steroid dienone is 1. The Hall–Kier alpha value is -1.61. The number of ether oxygens (including phenoxy) is 2. The molecular formula is C16H22O3. The van der Waals surface area contributed by atoms with Crippen LogP contribution in [0.5, 0.6) is 5.75 Å². The molecule has 0 radical (unpaired) electrons. The van der Waals surface area contributed by atoms with Crippen molar-refractivity contribution >= 4 is 6.29 Å². The van der Waals surface area contributed by atoms with E-state index in [1.807, 2.05) is 38.1 Å². The van der Waals surface area contributed by atoms with Gasteiger partial charge in [-0.05, 0) is 23.6 Å². The van der Waals surface area contributed by atoms with E-state index in [0.717, 1.165) is 17.6 Å². The van der Waals surface area contributed by atoms with Crippen LogP contribution < -0.4 is 4.74 Å². The first-order valence-corrected chi connectivity index (χ1v) is 6.35. The minimum atomic E-state index is -0.520. The fourth-order valence-corrected chi connectivity index (χ4v) is 1.65. The quantitative estimate of drug-likeness (QED) is 0.533. The van der Waals surface area contributed by atoms with Gasteiger partial charge in [0.25, 0.3) is 0 Å². The zero-order valence-corrected chi connectivity index (χ0v) is 11.9. The maximum Gasteiger partial charge on any atom is 0.128 e. The van der Waals surface area contributed by atoms with Crippen molar-refractivity contribution in [3.8, 4) is 5.75 Å². The zero-order valence-electron chi connectivity index (χ0n) is 11.9. The maximum absolute atomic E-state index is 11.2. The summed E-state index contributed by atoms with van der Waals surface area (Å²) in [6.07, 6.45) is 2.73. The summed E-state index contributed by atoms with van der Waals surface area (Å²) in [6, 6.07) is 7.69. The van der Waals surface area contributed by atoms with Gasteiger partial charge in [-0.15, -0.1) is 6.58 Å². The van der Waals surface area contributed by atoms with E-state index in [1.54, 1.807) is 13.2 Å². The molecular weight excluding hydrogens is 240 g/mol. The monoisotopic (exact) mass is 262 g/mol. The highest BCUT2D eigenvalue weighted by molar-refractivity contribution is 5.60. The van der Waals surface area contributed by atoms with Gasteiger partial charge in [-0.25, -0.2) is 0 Å². The Morgan fingerprint density at radius 2 is 2.00 bits per heavy atom. The molecule has 0 aromatic heterocycles. The lowest BCUT2D eigenvalue weighted by Crippen LogP contribution is -2.31. The van der Waals surface area contributed by atoms with Crippen molar-refractivity contribution in [1.29, 1.82) is 0 Å². The summed E-state index contributed by atoms with van der Waals surface area (Å²) in [5.41, 5.74) is 0.536.